The van der Waals surface area contributed by atoms with Crippen molar-refractivity contribution < 1.29 is 4.79 Å². The molecule has 0 aliphatic heterocycles. The van der Waals surface area contributed by atoms with Crippen molar-refractivity contribution in [2.24, 2.45) is 5.92 Å². The monoisotopic (exact) mass is 135 g/mol. The molecular formula is C5H10ClNO. The van der Waals surface area contributed by atoms with Gasteiger partial charge in [-0.3, -0.25) is 9.21 Å². The van der Waals surface area contributed by atoms with Gasteiger partial charge < -0.3 is 0 Å². The van der Waals surface area contributed by atoms with E-state index in [0.717, 1.165) is 4.42 Å². The fourth-order valence-corrected chi connectivity index (χ4v) is 0.668. The molecule has 0 N–H and O–H groups in total. The molecule has 0 fully saturated rings. The third kappa shape index (κ3) is 3.93. The smallest absolute Gasteiger partial charge is 0.224 e. The molecule has 0 aromatic rings. The van der Waals surface area contributed by atoms with Gasteiger partial charge in [0.05, 0.1) is 0 Å². The van der Waals surface area contributed by atoms with Crippen molar-refractivity contribution in [3.05, 3.63) is 0 Å². The minimum absolute atomic E-state index is 0.442. The minimum Gasteiger partial charge on any atom is -0.277 e. The van der Waals surface area contributed by atoms with Crippen LogP contribution in [0, 0.1) is 5.92 Å². The van der Waals surface area contributed by atoms with E-state index in [1.165, 1.54) is 0 Å². The van der Waals surface area contributed by atoms with Crippen molar-refractivity contribution in [3.63, 3.8) is 0 Å². The number of halogens is 1. The van der Waals surface area contributed by atoms with Gasteiger partial charge in [0, 0.05) is 18.3 Å². The topological polar surface area (TPSA) is 20.3 Å². The molecule has 0 spiro atoms. The van der Waals surface area contributed by atoms with Crippen LogP contribution in [0.2, 0.25) is 0 Å². The Morgan fingerprint density at radius 1 is 1.75 bits per heavy atom. The highest BCUT2D eigenvalue weighted by Gasteiger charge is 1.97. The standard InChI is InChI=1S/C5H10ClNO/c1-5(2)3-7(6)4-8/h4-5H,3H2,1-2H3. The van der Waals surface area contributed by atoms with Crippen molar-refractivity contribution in [1.82, 2.24) is 4.42 Å². The lowest BCUT2D eigenvalue weighted by atomic mass is 10.2. The van der Waals surface area contributed by atoms with Crippen LogP contribution in [-0.2, 0) is 4.79 Å². The van der Waals surface area contributed by atoms with E-state index in [1.807, 2.05) is 13.8 Å². The van der Waals surface area contributed by atoms with Gasteiger partial charge in [0.15, 0.2) is 0 Å². The first kappa shape index (κ1) is 7.76. The number of hydrogen-bond acceptors (Lipinski definition) is 1. The van der Waals surface area contributed by atoms with Crippen LogP contribution in [0.25, 0.3) is 0 Å². The Balaban J connectivity index is 3.23. The number of carbonyl (C=O) groups is 1. The van der Waals surface area contributed by atoms with E-state index in [0.29, 0.717) is 18.9 Å². The van der Waals surface area contributed by atoms with E-state index in [2.05, 4.69) is 0 Å². The quantitative estimate of drug-likeness (QED) is 0.422. The Morgan fingerprint density at radius 3 is 2.38 bits per heavy atom. The molecule has 0 heterocycles. The summed E-state index contributed by atoms with van der Waals surface area (Å²) in [4.78, 5) is 9.83. The van der Waals surface area contributed by atoms with E-state index in [4.69, 9.17) is 11.8 Å². The second-order valence-corrected chi connectivity index (χ2v) is 2.52. The molecule has 0 saturated carbocycles. The Hall–Kier alpha value is -0.240. The molecule has 0 aromatic carbocycles. The summed E-state index contributed by atoms with van der Waals surface area (Å²) in [7, 11) is 0. The summed E-state index contributed by atoms with van der Waals surface area (Å²) in [6.45, 7) is 4.61. The second-order valence-electron chi connectivity index (χ2n) is 2.08. The molecule has 0 bridgehead atoms. The number of nitrogens with zero attached hydrogens (tertiary/aromatic N) is 1. The average Bonchev–Trinajstić information content (AvgIpc) is 1.65. The Labute approximate surface area is 54.5 Å². The lowest BCUT2D eigenvalue weighted by Gasteiger charge is -2.08. The van der Waals surface area contributed by atoms with Gasteiger partial charge in [-0.15, -0.1) is 0 Å². The molecule has 0 rings (SSSR count). The fourth-order valence-electron chi connectivity index (χ4n) is 0.392. The molecular weight excluding hydrogens is 126 g/mol. The predicted molar refractivity (Wildman–Crippen MR) is 33.5 cm³/mol. The van der Waals surface area contributed by atoms with Crippen LogP contribution in [0.15, 0.2) is 0 Å². The van der Waals surface area contributed by atoms with Crippen molar-refractivity contribution >= 4 is 18.2 Å². The normalized spacial score (nSPS) is 9.50. The van der Waals surface area contributed by atoms with Crippen molar-refractivity contribution in [3.8, 4) is 0 Å². The summed E-state index contributed by atoms with van der Waals surface area (Å²) in [6, 6.07) is 0. The third-order valence-electron chi connectivity index (χ3n) is 0.654. The second kappa shape index (κ2) is 3.72. The highest BCUT2D eigenvalue weighted by Crippen LogP contribution is 1.97. The summed E-state index contributed by atoms with van der Waals surface area (Å²) in [6.07, 6.45) is 0.613. The Bertz CT molecular complexity index is 74.8. The maximum absolute atomic E-state index is 9.83. The highest BCUT2D eigenvalue weighted by atomic mass is 35.5. The van der Waals surface area contributed by atoms with E-state index in [1.54, 1.807) is 0 Å². The van der Waals surface area contributed by atoms with E-state index < -0.39 is 0 Å². The first-order chi connectivity index (χ1) is 3.66. The third-order valence-corrected chi connectivity index (χ3v) is 0.872. The van der Waals surface area contributed by atoms with Crippen LogP contribution in [-0.4, -0.2) is 17.4 Å². The van der Waals surface area contributed by atoms with Crippen molar-refractivity contribution in [1.29, 1.82) is 0 Å². The first-order valence-electron chi connectivity index (χ1n) is 2.54. The lowest BCUT2D eigenvalue weighted by molar-refractivity contribution is -0.114. The molecule has 0 saturated heterocycles. The average molecular weight is 136 g/mol. The van der Waals surface area contributed by atoms with Gasteiger partial charge in [-0.05, 0) is 5.92 Å². The number of rotatable bonds is 3. The molecule has 48 valence electrons. The minimum atomic E-state index is 0.442. The zero-order valence-electron chi connectivity index (χ0n) is 5.10. The molecule has 0 unspecified atom stereocenters. The van der Waals surface area contributed by atoms with E-state index in [9.17, 15) is 4.79 Å². The maximum Gasteiger partial charge on any atom is 0.224 e. The Kier molecular flexibility index (Phi) is 3.61. The zero-order valence-corrected chi connectivity index (χ0v) is 5.85. The van der Waals surface area contributed by atoms with Crippen LogP contribution >= 0.6 is 11.8 Å². The maximum atomic E-state index is 9.83. The van der Waals surface area contributed by atoms with Gasteiger partial charge >= 0.3 is 0 Å². The highest BCUT2D eigenvalue weighted by molar-refractivity contribution is 6.18. The molecule has 0 aliphatic rings. The molecule has 3 heteroatoms. The molecule has 0 aliphatic carbocycles. The molecule has 0 radical (unpaired) electrons. The van der Waals surface area contributed by atoms with Crippen LogP contribution in [0.5, 0.6) is 0 Å². The van der Waals surface area contributed by atoms with E-state index in [-0.39, 0.29) is 0 Å². The van der Waals surface area contributed by atoms with Gasteiger partial charge in [0.2, 0.25) is 6.41 Å². The Morgan fingerprint density at radius 2 is 2.25 bits per heavy atom. The van der Waals surface area contributed by atoms with Gasteiger partial charge in [-0.25, -0.2) is 0 Å². The van der Waals surface area contributed by atoms with Crippen molar-refractivity contribution in [2.45, 2.75) is 13.8 Å². The molecule has 0 atom stereocenters. The molecule has 2 nitrogen and oxygen atoms in total. The summed E-state index contributed by atoms with van der Waals surface area (Å²) < 4.78 is 1.12. The largest absolute Gasteiger partial charge is 0.277 e. The van der Waals surface area contributed by atoms with Gasteiger partial charge in [0.1, 0.15) is 0 Å². The van der Waals surface area contributed by atoms with Gasteiger partial charge in [-0.1, -0.05) is 13.8 Å². The summed E-state index contributed by atoms with van der Waals surface area (Å²) in [5, 5.41) is 0. The summed E-state index contributed by atoms with van der Waals surface area (Å²) in [5.41, 5.74) is 0. The molecule has 0 aromatic heterocycles. The van der Waals surface area contributed by atoms with E-state index >= 15 is 0 Å². The number of carbonyl (C=O) groups excluding carboxylic acids is 1. The molecule has 1 amide bonds. The van der Waals surface area contributed by atoms with Crippen LogP contribution in [0.3, 0.4) is 0 Å². The van der Waals surface area contributed by atoms with Crippen LogP contribution in [0.4, 0.5) is 0 Å². The lowest BCUT2D eigenvalue weighted by Crippen LogP contribution is -2.15. The SMILES string of the molecule is CC(C)CN(Cl)C=O. The predicted octanol–water partition coefficient (Wildman–Crippen LogP) is 1.25. The first-order valence-corrected chi connectivity index (χ1v) is 2.88. The fraction of sp³-hybridized carbons (Fsp3) is 0.800. The number of amides is 1. The van der Waals surface area contributed by atoms with Gasteiger partial charge in [-0.2, -0.15) is 0 Å². The van der Waals surface area contributed by atoms with Crippen molar-refractivity contribution in [2.75, 3.05) is 6.54 Å². The van der Waals surface area contributed by atoms with Crippen LogP contribution in [0.1, 0.15) is 13.8 Å². The summed E-state index contributed by atoms with van der Waals surface area (Å²) >= 11 is 5.33. The van der Waals surface area contributed by atoms with Crippen LogP contribution < -0.4 is 0 Å². The molecule has 8 heavy (non-hydrogen) atoms. The zero-order chi connectivity index (χ0) is 6.57. The van der Waals surface area contributed by atoms with Gasteiger partial charge in [0.25, 0.3) is 0 Å². The summed E-state index contributed by atoms with van der Waals surface area (Å²) in [5.74, 6) is 0.442. The number of hydrogen-bond donors (Lipinski definition) is 0.